The normalized spacial score (nSPS) is 12.0. The average molecular weight is 389 g/mol. The van der Waals surface area contributed by atoms with Gasteiger partial charge in [-0.1, -0.05) is 0 Å². The van der Waals surface area contributed by atoms with Gasteiger partial charge in [0.1, 0.15) is 0 Å². The van der Waals surface area contributed by atoms with Crippen LogP contribution in [0.15, 0.2) is 0 Å². The summed E-state index contributed by atoms with van der Waals surface area (Å²) in [4.78, 5) is 0. The van der Waals surface area contributed by atoms with Crippen molar-refractivity contribution in [3.63, 3.8) is 0 Å². The maximum absolute atomic E-state index is 2.39. The Morgan fingerprint density at radius 1 is 0.400 bits per heavy atom. The molecular formula is C19H42Sn. The Bertz CT molecular complexity index is 180. The molecule has 0 rings (SSSR count). The summed E-state index contributed by atoms with van der Waals surface area (Å²) in [5, 5.41) is 0. The van der Waals surface area contributed by atoms with Gasteiger partial charge in [-0.3, -0.25) is 0 Å². The van der Waals surface area contributed by atoms with Crippen molar-refractivity contribution in [2.45, 2.75) is 116 Å². The molecule has 0 aromatic rings. The van der Waals surface area contributed by atoms with Gasteiger partial charge in [-0.2, -0.15) is 0 Å². The van der Waals surface area contributed by atoms with E-state index in [1.807, 2.05) is 0 Å². The average Bonchev–Trinajstić information content (AvgIpc) is 2.47. The Morgan fingerprint density at radius 2 is 0.750 bits per heavy atom. The van der Waals surface area contributed by atoms with E-state index in [1.165, 1.54) is 44.9 Å². The molecule has 1 heteroatoms. The molecule has 122 valence electrons. The van der Waals surface area contributed by atoms with E-state index in [0.29, 0.717) is 0 Å². The predicted molar refractivity (Wildman–Crippen MR) is 98.5 cm³/mol. The third-order valence-corrected chi connectivity index (χ3v) is 21.1. The van der Waals surface area contributed by atoms with Crippen LogP contribution in [-0.2, 0) is 0 Å². The topological polar surface area (TPSA) is 0 Å². The standard InChI is InChI=1S/C6H13.C5H11.2C4H9.Sn/c1-3-5-6-4-2;1-3-5-4-2;2*1-3-4-2;/h1,3-6H2,2H3;1,3-5H2,2H3;2*1,3-4H2,2H3;. The third kappa shape index (κ3) is 10.5. The fourth-order valence-corrected chi connectivity index (χ4v) is 19.8. The number of hydrogen-bond donors (Lipinski definition) is 0. The molecule has 0 radical (unpaired) electrons. The van der Waals surface area contributed by atoms with Crippen molar-refractivity contribution >= 4 is 18.4 Å². The molecule has 0 aliphatic rings. The van der Waals surface area contributed by atoms with Crippen LogP contribution in [-0.4, -0.2) is 18.4 Å². The molecule has 0 bridgehead atoms. The second kappa shape index (κ2) is 14.7. The Labute approximate surface area is 134 Å². The van der Waals surface area contributed by atoms with Gasteiger partial charge in [0.2, 0.25) is 0 Å². The zero-order valence-electron chi connectivity index (χ0n) is 15.1. The SMILES string of the molecule is CCCCC[CH2][Sn]([CH2]CCC)([CH2]CCC)[CH2]CCCC. The van der Waals surface area contributed by atoms with E-state index < -0.39 is 18.4 Å². The van der Waals surface area contributed by atoms with Gasteiger partial charge in [-0.05, 0) is 0 Å². The van der Waals surface area contributed by atoms with Crippen LogP contribution in [0.5, 0.6) is 0 Å². The first-order chi connectivity index (χ1) is 9.74. The molecule has 0 amide bonds. The Hall–Kier alpha value is 0.799. The van der Waals surface area contributed by atoms with Crippen molar-refractivity contribution < 1.29 is 0 Å². The van der Waals surface area contributed by atoms with Crippen LogP contribution in [0, 0.1) is 0 Å². The quantitative estimate of drug-likeness (QED) is 0.198. The van der Waals surface area contributed by atoms with Crippen LogP contribution in [0.25, 0.3) is 0 Å². The minimum absolute atomic E-state index is 1.39. The van der Waals surface area contributed by atoms with E-state index in [-0.39, 0.29) is 0 Å². The molecule has 0 saturated carbocycles. The van der Waals surface area contributed by atoms with E-state index in [9.17, 15) is 0 Å². The predicted octanol–water partition coefficient (Wildman–Crippen LogP) is 7.81. The van der Waals surface area contributed by atoms with Crippen molar-refractivity contribution in [2.75, 3.05) is 0 Å². The fourth-order valence-electron chi connectivity index (χ4n) is 3.53. The van der Waals surface area contributed by atoms with Gasteiger partial charge in [-0.25, -0.2) is 0 Å². The Morgan fingerprint density at radius 3 is 1.20 bits per heavy atom. The second-order valence-electron chi connectivity index (χ2n) is 6.97. The molecule has 0 aromatic heterocycles. The molecule has 0 unspecified atom stereocenters. The molecule has 0 saturated heterocycles. The van der Waals surface area contributed by atoms with E-state index in [0.717, 1.165) is 0 Å². The summed E-state index contributed by atoms with van der Waals surface area (Å²) < 4.78 is 6.86. The zero-order chi connectivity index (χ0) is 15.1. The van der Waals surface area contributed by atoms with E-state index in [1.54, 1.807) is 43.4 Å². The summed E-state index contributed by atoms with van der Waals surface area (Å²) in [7, 11) is 0. The summed E-state index contributed by atoms with van der Waals surface area (Å²) in [6.45, 7) is 9.47. The van der Waals surface area contributed by atoms with E-state index in [2.05, 4.69) is 27.7 Å². The van der Waals surface area contributed by atoms with Crippen molar-refractivity contribution in [1.29, 1.82) is 0 Å². The third-order valence-electron chi connectivity index (χ3n) is 4.99. The number of unbranched alkanes of at least 4 members (excludes halogenated alkanes) is 7. The summed E-state index contributed by atoms with van der Waals surface area (Å²) in [5.74, 6) is 0. The Kier molecular flexibility index (Phi) is 15.3. The molecule has 0 nitrogen and oxygen atoms in total. The molecule has 0 N–H and O–H groups in total. The second-order valence-corrected chi connectivity index (χ2v) is 21.2. The monoisotopic (exact) mass is 390 g/mol. The van der Waals surface area contributed by atoms with Crippen LogP contribution < -0.4 is 0 Å². The number of hydrogen-bond acceptors (Lipinski definition) is 0. The Balaban J connectivity index is 4.43. The molecule has 0 aliphatic carbocycles. The van der Waals surface area contributed by atoms with Crippen LogP contribution in [0.4, 0.5) is 0 Å². The first-order valence-electron chi connectivity index (χ1n) is 9.74. The molecule has 0 aliphatic heterocycles. The van der Waals surface area contributed by atoms with Gasteiger partial charge in [0.15, 0.2) is 0 Å². The molecule has 20 heavy (non-hydrogen) atoms. The van der Waals surface area contributed by atoms with Gasteiger partial charge in [0, 0.05) is 0 Å². The van der Waals surface area contributed by atoms with Crippen molar-refractivity contribution in [3.05, 3.63) is 0 Å². The van der Waals surface area contributed by atoms with Gasteiger partial charge < -0.3 is 0 Å². The minimum atomic E-state index is -1.76. The van der Waals surface area contributed by atoms with Gasteiger partial charge in [-0.15, -0.1) is 0 Å². The molecule has 0 heterocycles. The molecule has 0 aromatic carbocycles. The molecule has 0 fully saturated rings. The summed E-state index contributed by atoms with van der Waals surface area (Å²) in [5.41, 5.74) is 0. The summed E-state index contributed by atoms with van der Waals surface area (Å²) >= 11 is -1.76. The van der Waals surface area contributed by atoms with E-state index >= 15 is 0 Å². The summed E-state index contributed by atoms with van der Waals surface area (Å²) in [6, 6.07) is 0. The number of rotatable bonds is 15. The van der Waals surface area contributed by atoms with Crippen LogP contribution in [0.2, 0.25) is 17.7 Å². The first kappa shape index (κ1) is 20.8. The van der Waals surface area contributed by atoms with Gasteiger partial charge >= 0.3 is 134 Å². The molecular weight excluding hydrogens is 347 g/mol. The van der Waals surface area contributed by atoms with Gasteiger partial charge in [0.05, 0.1) is 0 Å². The van der Waals surface area contributed by atoms with Crippen molar-refractivity contribution in [3.8, 4) is 0 Å². The zero-order valence-corrected chi connectivity index (χ0v) is 18.0. The van der Waals surface area contributed by atoms with Crippen LogP contribution in [0.3, 0.4) is 0 Å². The maximum atomic E-state index is 2.39. The van der Waals surface area contributed by atoms with E-state index in [4.69, 9.17) is 0 Å². The van der Waals surface area contributed by atoms with Crippen molar-refractivity contribution in [1.82, 2.24) is 0 Å². The van der Waals surface area contributed by atoms with Crippen LogP contribution >= 0.6 is 0 Å². The first-order valence-corrected chi connectivity index (χ1v) is 17.8. The van der Waals surface area contributed by atoms with Crippen molar-refractivity contribution in [2.24, 2.45) is 0 Å². The molecule has 0 spiro atoms. The van der Waals surface area contributed by atoms with Gasteiger partial charge in [0.25, 0.3) is 0 Å². The fraction of sp³-hybridized carbons (Fsp3) is 1.00. The van der Waals surface area contributed by atoms with Crippen LogP contribution in [0.1, 0.15) is 98.3 Å². The molecule has 0 atom stereocenters. The summed E-state index contributed by atoms with van der Waals surface area (Å²) in [6.07, 6.45) is 16.3.